The van der Waals surface area contributed by atoms with Crippen LogP contribution in [0.2, 0.25) is 0 Å². The molecule has 1 aliphatic rings. The summed E-state index contributed by atoms with van der Waals surface area (Å²) in [5, 5.41) is 12.3. The number of aliphatic hydroxyl groups is 1. The van der Waals surface area contributed by atoms with E-state index in [9.17, 15) is 14.7 Å². The van der Waals surface area contributed by atoms with E-state index < -0.39 is 0 Å². The van der Waals surface area contributed by atoms with Crippen molar-refractivity contribution >= 4 is 11.7 Å². The number of aryl methyl sites for hydroxylation is 2. The molecule has 27 heavy (non-hydrogen) atoms. The van der Waals surface area contributed by atoms with Crippen LogP contribution in [0.4, 0.5) is 5.82 Å². The average Bonchev–Trinajstić information content (AvgIpc) is 3.09. The third-order valence-electron chi connectivity index (χ3n) is 5.05. The van der Waals surface area contributed by atoms with Gasteiger partial charge in [-0.1, -0.05) is 0 Å². The van der Waals surface area contributed by atoms with Crippen LogP contribution in [0.15, 0.2) is 17.2 Å². The number of H-pyrrole nitrogens is 1. The van der Waals surface area contributed by atoms with Crippen molar-refractivity contribution < 1.29 is 9.90 Å². The second kappa shape index (κ2) is 7.87. The van der Waals surface area contributed by atoms with E-state index in [1.807, 2.05) is 24.8 Å². The SMILES string of the molecule is Cc1cc(C)c(CNC(=O)c2ncnc(N3CCC[C@@H]3CO)c2C)c(=O)[nH]1. The molecular formula is C19H25N5O3. The second-order valence-corrected chi connectivity index (χ2v) is 6.97. The van der Waals surface area contributed by atoms with E-state index in [0.717, 1.165) is 30.6 Å². The van der Waals surface area contributed by atoms with Crippen LogP contribution in [-0.4, -0.2) is 45.2 Å². The Balaban J connectivity index is 1.80. The highest BCUT2D eigenvalue weighted by Crippen LogP contribution is 2.27. The molecule has 144 valence electrons. The molecule has 3 rings (SSSR count). The van der Waals surface area contributed by atoms with E-state index in [1.165, 1.54) is 6.33 Å². The molecule has 0 aromatic carbocycles. The number of carbonyl (C=O) groups is 1. The Morgan fingerprint density at radius 1 is 1.37 bits per heavy atom. The van der Waals surface area contributed by atoms with Crippen LogP contribution >= 0.6 is 0 Å². The molecule has 8 nitrogen and oxygen atoms in total. The van der Waals surface area contributed by atoms with E-state index in [1.54, 1.807) is 6.92 Å². The summed E-state index contributed by atoms with van der Waals surface area (Å²) in [7, 11) is 0. The first-order valence-corrected chi connectivity index (χ1v) is 9.09. The van der Waals surface area contributed by atoms with Gasteiger partial charge in [-0.05, 0) is 45.2 Å². The summed E-state index contributed by atoms with van der Waals surface area (Å²) >= 11 is 0. The predicted molar refractivity (Wildman–Crippen MR) is 102 cm³/mol. The summed E-state index contributed by atoms with van der Waals surface area (Å²) in [5.41, 5.74) is 2.90. The van der Waals surface area contributed by atoms with Crippen LogP contribution in [0.1, 0.15) is 45.7 Å². The van der Waals surface area contributed by atoms with E-state index in [2.05, 4.69) is 20.3 Å². The normalized spacial score (nSPS) is 16.6. The maximum absolute atomic E-state index is 12.7. The summed E-state index contributed by atoms with van der Waals surface area (Å²) in [4.78, 5) is 38.0. The molecule has 0 bridgehead atoms. The molecule has 1 amide bonds. The van der Waals surface area contributed by atoms with Crippen molar-refractivity contribution in [3.63, 3.8) is 0 Å². The van der Waals surface area contributed by atoms with Crippen molar-refractivity contribution in [2.24, 2.45) is 0 Å². The lowest BCUT2D eigenvalue weighted by atomic mass is 10.1. The lowest BCUT2D eigenvalue weighted by Gasteiger charge is -2.26. The smallest absolute Gasteiger partial charge is 0.270 e. The van der Waals surface area contributed by atoms with Gasteiger partial charge in [0.15, 0.2) is 0 Å². The van der Waals surface area contributed by atoms with Gasteiger partial charge in [0.1, 0.15) is 17.8 Å². The Bertz CT molecular complexity index is 909. The Labute approximate surface area is 157 Å². The fourth-order valence-electron chi connectivity index (χ4n) is 3.62. The van der Waals surface area contributed by atoms with Crippen LogP contribution in [0, 0.1) is 20.8 Å². The van der Waals surface area contributed by atoms with Gasteiger partial charge < -0.3 is 20.3 Å². The van der Waals surface area contributed by atoms with Crippen molar-refractivity contribution in [2.45, 2.75) is 46.2 Å². The maximum atomic E-state index is 12.7. The quantitative estimate of drug-likeness (QED) is 0.723. The van der Waals surface area contributed by atoms with Gasteiger partial charge in [0.05, 0.1) is 12.6 Å². The van der Waals surface area contributed by atoms with Crippen molar-refractivity contribution in [3.8, 4) is 0 Å². The minimum atomic E-state index is -0.352. The van der Waals surface area contributed by atoms with E-state index in [0.29, 0.717) is 16.9 Å². The number of hydrogen-bond donors (Lipinski definition) is 3. The van der Waals surface area contributed by atoms with Gasteiger partial charge in [-0.15, -0.1) is 0 Å². The second-order valence-electron chi connectivity index (χ2n) is 6.97. The topological polar surface area (TPSA) is 111 Å². The number of aliphatic hydroxyl groups excluding tert-OH is 1. The van der Waals surface area contributed by atoms with E-state index in [4.69, 9.17) is 0 Å². The van der Waals surface area contributed by atoms with Crippen LogP contribution in [-0.2, 0) is 6.54 Å². The maximum Gasteiger partial charge on any atom is 0.270 e. The van der Waals surface area contributed by atoms with Gasteiger partial charge in [-0.3, -0.25) is 9.59 Å². The number of carbonyl (C=O) groups excluding carboxylic acids is 1. The molecule has 8 heteroatoms. The lowest BCUT2D eigenvalue weighted by molar-refractivity contribution is 0.0945. The molecule has 1 atom stereocenters. The van der Waals surface area contributed by atoms with Crippen molar-refractivity contribution in [3.05, 3.63) is 50.8 Å². The number of nitrogens with one attached hydrogen (secondary N) is 2. The highest BCUT2D eigenvalue weighted by atomic mass is 16.3. The monoisotopic (exact) mass is 371 g/mol. The van der Waals surface area contributed by atoms with Gasteiger partial charge in [-0.25, -0.2) is 9.97 Å². The van der Waals surface area contributed by atoms with Gasteiger partial charge in [0.2, 0.25) is 0 Å². The van der Waals surface area contributed by atoms with Crippen LogP contribution < -0.4 is 15.8 Å². The first-order chi connectivity index (χ1) is 12.9. The largest absolute Gasteiger partial charge is 0.394 e. The summed E-state index contributed by atoms with van der Waals surface area (Å²) in [6.07, 6.45) is 3.25. The number of rotatable bonds is 5. The Hall–Kier alpha value is -2.74. The van der Waals surface area contributed by atoms with Crippen LogP contribution in [0.3, 0.4) is 0 Å². The molecule has 2 aromatic heterocycles. The number of hydrogen-bond acceptors (Lipinski definition) is 6. The van der Waals surface area contributed by atoms with Gasteiger partial charge >= 0.3 is 0 Å². The number of anilines is 1. The molecule has 0 aliphatic carbocycles. The Morgan fingerprint density at radius 3 is 2.85 bits per heavy atom. The summed E-state index contributed by atoms with van der Waals surface area (Å²) in [6, 6.07) is 1.89. The molecule has 1 fully saturated rings. The molecule has 3 N–H and O–H groups in total. The summed E-state index contributed by atoms with van der Waals surface area (Å²) in [5.74, 6) is 0.325. The first kappa shape index (κ1) is 19.0. The first-order valence-electron chi connectivity index (χ1n) is 9.09. The molecule has 0 spiro atoms. The van der Waals surface area contributed by atoms with Crippen molar-refractivity contribution in [1.82, 2.24) is 20.3 Å². The summed E-state index contributed by atoms with van der Waals surface area (Å²) < 4.78 is 0. The zero-order valence-electron chi connectivity index (χ0n) is 15.9. The molecule has 0 radical (unpaired) electrons. The molecule has 3 heterocycles. The van der Waals surface area contributed by atoms with Crippen LogP contribution in [0.5, 0.6) is 0 Å². The minimum absolute atomic E-state index is 0.0169. The molecule has 1 aliphatic heterocycles. The van der Waals surface area contributed by atoms with Gasteiger partial charge in [0.25, 0.3) is 11.5 Å². The average molecular weight is 371 g/mol. The molecule has 1 saturated heterocycles. The predicted octanol–water partition coefficient (Wildman–Crippen LogP) is 0.981. The lowest BCUT2D eigenvalue weighted by Crippen LogP contribution is -2.34. The minimum Gasteiger partial charge on any atom is -0.394 e. The third kappa shape index (κ3) is 3.85. The molecule has 0 unspecified atom stereocenters. The fraction of sp³-hybridized carbons (Fsp3) is 0.474. The fourth-order valence-corrected chi connectivity index (χ4v) is 3.62. The Kier molecular flexibility index (Phi) is 5.55. The van der Waals surface area contributed by atoms with E-state index >= 15 is 0 Å². The zero-order valence-corrected chi connectivity index (χ0v) is 15.9. The number of amides is 1. The number of aromatic amines is 1. The third-order valence-corrected chi connectivity index (χ3v) is 5.05. The number of pyridine rings is 1. The van der Waals surface area contributed by atoms with Gasteiger partial charge in [0, 0.05) is 29.9 Å². The number of nitrogens with zero attached hydrogens (tertiary/aromatic N) is 3. The number of aromatic nitrogens is 3. The highest BCUT2D eigenvalue weighted by Gasteiger charge is 2.28. The van der Waals surface area contributed by atoms with Gasteiger partial charge in [-0.2, -0.15) is 0 Å². The molecular weight excluding hydrogens is 346 g/mol. The van der Waals surface area contributed by atoms with Crippen LogP contribution in [0.25, 0.3) is 0 Å². The molecule has 2 aromatic rings. The Morgan fingerprint density at radius 2 is 2.15 bits per heavy atom. The summed E-state index contributed by atoms with van der Waals surface area (Å²) in [6.45, 7) is 6.45. The van der Waals surface area contributed by atoms with E-state index in [-0.39, 0.29) is 36.4 Å². The van der Waals surface area contributed by atoms with Crippen molar-refractivity contribution in [1.29, 1.82) is 0 Å². The van der Waals surface area contributed by atoms with Crippen molar-refractivity contribution in [2.75, 3.05) is 18.1 Å². The highest BCUT2D eigenvalue weighted by molar-refractivity contribution is 5.94. The molecule has 0 saturated carbocycles. The standard InChI is InChI=1S/C19H25N5O3/c1-11-7-12(2)23-18(26)15(11)8-20-19(27)16-13(3)17(22-10-21-16)24-6-4-5-14(24)9-25/h7,10,14,25H,4-6,8-9H2,1-3H3,(H,20,27)(H,23,26)/t14-/m1/s1. The zero-order chi connectivity index (χ0) is 19.6.